The Morgan fingerprint density at radius 1 is 1.27 bits per heavy atom. The normalized spacial score (nSPS) is 9.55. The summed E-state index contributed by atoms with van der Waals surface area (Å²) in [5.41, 5.74) is 1.12. The summed E-state index contributed by atoms with van der Waals surface area (Å²) in [4.78, 5) is 0. The number of para-hydroxylation sites is 1. The molecule has 2 N–H and O–H groups in total. The Labute approximate surface area is 71.5 Å². The zero-order chi connectivity index (χ0) is 7.94. The second-order valence-electron chi connectivity index (χ2n) is 2.01. The Hall–Kier alpha value is -0.670. The van der Waals surface area contributed by atoms with E-state index in [1.165, 1.54) is 0 Å². The van der Waals surface area contributed by atoms with Gasteiger partial charge in [0.15, 0.2) is 0 Å². The first-order valence-corrected chi connectivity index (χ1v) is 4.35. The number of benzene rings is 1. The van der Waals surface area contributed by atoms with Gasteiger partial charge < -0.3 is 10.0 Å². The zero-order valence-electron chi connectivity index (χ0n) is 6.21. The minimum Gasteiger partial charge on any atom is -0.329 e. The van der Waals surface area contributed by atoms with Gasteiger partial charge >= 0.3 is 0 Å². The molecule has 0 bridgehead atoms. The zero-order valence-corrected chi connectivity index (χ0v) is 7.03. The Balaban J connectivity index is 2.28. The first-order chi connectivity index (χ1) is 5.43. The van der Waals surface area contributed by atoms with Crippen molar-refractivity contribution in [2.75, 3.05) is 10.6 Å². The third kappa shape index (κ3) is 3.30. The molecule has 1 radical (unpaired) electrons. The summed E-state index contributed by atoms with van der Waals surface area (Å²) < 4.78 is 3.16. The standard InChI is InChI=1S/C8H11N2S/c1-9-7-11-10-8-5-3-2-4-6-8/h2-6,9-10H,1,7H2. The van der Waals surface area contributed by atoms with Crippen molar-refractivity contribution in [3.8, 4) is 0 Å². The van der Waals surface area contributed by atoms with Crippen LogP contribution in [-0.4, -0.2) is 5.88 Å². The van der Waals surface area contributed by atoms with Gasteiger partial charge in [-0.15, -0.1) is 0 Å². The van der Waals surface area contributed by atoms with Gasteiger partial charge in [-0.2, -0.15) is 0 Å². The number of anilines is 1. The summed E-state index contributed by atoms with van der Waals surface area (Å²) in [5, 5.41) is 2.79. The van der Waals surface area contributed by atoms with Crippen LogP contribution in [0, 0.1) is 7.05 Å². The number of hydrogen-bond acceptors (Lipinski definition) is 3. The lowest BCUT2D eigenvalue weighted by molar-refractivity contribution is 1.06. The van der Waals surface area contributed by atoms with Crippen LogP contribution in [0.4, 0.5) is 5.69 Å². The number of hydrogen-bond donors (Lipinski definition) is 2. The van der Waals surface area contributed by atoms with E-state index in [4.69, 9.17) is 0 Å². The van der Waals surface area contributed by atoms with E-state index in [0.717, 1.165) is 11.6 Å². The summed E-state index contributed by atoms with van der Waals surface area (Å²) in [5.74, 6) is 0.800. The maximum atomic E-state index is 3.51. The monoisotopic (exact) mass is 167 g/mol. The Kier molecular flexibility index (Phi) is 3.86. The largest absolute Gasteiger partial charge is 0.329 e. The Morgan fingerprint density at radius 2 is 2.00 bits per heavy atom. The molecule has 0 saturated heterocycles. The van der Waals surface area contributed by atoms with Gasteiger partial charge in [0.1, 0.15) is 0 Å². The van der Waals surface area contributed by atoms with Gasteiger partial charge in [0.2, 0.25) is 0 Å². The van der Waals surface area contributed by atoms with E-state index < -0.39 is 0 Å². The molecule has 1 aromatic rings. The highest BCUT2D eigenvalue weighted by molar-refractivity contribution is 8.00. The predicted molar refractivity (Wildman–Crippen MR) is 51.0 cm³/mol. The molecule has 1 rings (SSSR count). The molecule has 0 fully saturated rings. The summed E-state index contributed by atoms with van der Waals surface area (Å²) >= 11 is 1.58. The van der Waals surface area contributed by atoms with E-state index in [2.05, 4.69) is 17.1 Å². The van der Waals surface area contributed by atoms with Crippen LogP contribution >= 0.6 is 11.9 Å². The minimum absolute atomic E-state index is 0.800. The van der Waals surface area contributed by atoms with Crippen LogP contribution < -0.4 is 10.0 Å². The SMILES string of the molecule is [CH2]NCSNc1ccccc1. The van der Waals surface area contributed by atoms with Crippen molar-refractivity contribution in [2.24, 2.45) is 0 Å². The van der Waals surface area contributed by atoms with Crippen molar-refractivity contribution in [1.29, 1.82) is 0 Å². The quantitative estimate of drug-likeness (QED) is 0.408. The fourth-order valence-electron chi connectivity index (χ4n) is 0.677. The highest BCUT2D eigenvalue weighted by Crippen LogP contribution is 2.09. The van der Waals surface area contributed by atoms with E-state index in [-0.39, 0.29) is 0 Å². The molecule has 0 atom stereocenters. The molecule has 11 heavy (non-hydrogen) atoms. The molecule has 3 heteroatoms. The van der Waals surface area contributed by atoms with Gasteiger partial charge in [-0.1, -0.05) is 18.2 Å². The highest BCUT2D eigenvalue weighted by Gasteiger charge is 1.86. The van der Waals surface area contributed by atoms with Gasteiger partial charge in [-0.05, 0) is 24.1 Å². The van der Waals surface area contributed by atoms with Gasteiger partial charge in [0.25, 0.3) is 0 Å². The molecule has 1 aromatic carbocycles. The molecule has 0 aromatic heterocycles. The maximum Gasteiger partial charge on any atom is 0.0620 e. The van der Waals surface area contributed by atoms with Crippen molar-refractivity contribution in [2.45, 2.75) is 0 Å². The average Bonchev–Trinajstić information content (AvgIpc) is 2.07. The second-order valence-corrected chi connectivity index (χ2v) is 2.79. The minimum atomic E-state index is 0.800. The van der Waals surface area contributed by atoms with Crippen molar-refractivity contribution in [3.63, 3.8) is 0 Å². The van der Waals surface area contributed by atoms with Crippen LogP contribution in [0.5, 0.6) is 0 Å². The molecule has 59 valence electrons. The summed E-state index contributed by atoms with van der Waals surface area (Å²) in [6.45, 7) is 0. The maximum absolute atomic E-state index is 3.51. The molecular formula is C8H11N2S. The Bertz CT molecular complexity index is 189. The molecule has 0 aliphatic carbocycles. The predicted octanol–water partition coefficient (Wildman–Crippen LogP) is 2.09. The third-order valence-electron chi connectivity index (χ3n) is 1.14. The van der Waals surface area contributed by atoms with E-state index in [1.54, 1.807) is 11.9 Å². The van der Waals surface area contributed by atoms with Crippen LogP contribution in [0.1, 0.15) is 0 Å². The van der Waals surface area contributed by atoms with Crippen LogP contribution in [-0.2, 0) is 0 Å². The van der Waals surface area contributed by atoms with Crippen molar-refractivity contribution in [1.82, 2.24) is 5.32 Å². The second kappa shape index (κ2) is 5.04. The lowest BCUT2D eigenvalue weighted by atomic mass is 10.3. The fraction of sp³-hybridized carbons (Fsp3) is 0.125. The summed E-state index contributed by atoms with van der Waals surface area (Å²) in [6, 6.07) is 10.0. The van der Waals surface area contributed by atoms with Gasteiger partial charge in [-0.25, -0.2) is 0 Å². The van der Waals surface area contributed by atoms with Gasteiger partial charge in [0.05, 0.1) is 5.88 Å². The first-order valence-electron chi connectivity index (χ1n) is 3.36. The summed E-state index contributed by atoms with van der Waals surface area (Å²) in [6.07, 6.45) is 0. The van der Waals surface area contributed by atoms with Gasteiger partial charge in [0, 0.05) is 12.7 Å². The number of rotatable bonds is 4. The van der Waals surface area contributed by atoms with Crippen LogP contribution in [0.3, 0.4) is 0 Å². The van der Waals surface area contributed by atoms with Crippen LogP contribution in [0.15, 0.2) is 30.3 Å². The molecule has 0 unspecified atom stereocenters. The van der Waals surface area contributed by atoms with Crippen LogP contribution in [0.25, 0.3) is 0 Å². The lowest BCUT2D eigenvalue weighted by Crippen LogP contribution is -2.02. The van der Waals surface area contributed by atoms with Crippen molar-refractivity contribution >= 4 is 17.6 Å². The molecule has 2 nitrogen and oxygen atoms in total. The molecule has 0 spiro atoms. The topological polar surface area (TPSA) is 24.1 Å². The lowest BCUT2D eigenvalue weighted by Gasteiger charge is -2.02. The first kappa shape index (κ1) is 8.43. The smallest absolute Gasteiger partial charge is 0.0620 e. The van der Waals surface area contributed by atoms with Crippen LogP contribution in [0.2, 0.25) is 0 Å². The molecule has 0 amide bonds. The summed E-state index contributed by atoms with van der Waals surface area (Å²) in [7, 11) is 3.51. The molecule has 0 aliphatic rings. The van der Waals surface area contributed by atoms with E-state index in [1.807, 2.05) is 30.3 Å². The third-order valence-corrected chi connectivity index (χ3v) is 1.87. The van der Waals surface area contributed by atoms with Gasteiger partial charge in [-0.3, -0.25) is 0 Å². The fourth-order valence-corrected chi connectivity index (χ4v) is 1.15. The van der Waals surface area contributed by atoms with E-state index in [9.17, 15) is 0 Å². The van der Waals surface area contributed by atoms with E-state index in [0.29, 0.717) is 0 Å². The molecule has 0 heterocycles. The molecular weight excluding hydrogens is 156 g/mol. The number of nitrogens with one attached hydrogen (secondary N) is 2. The van der Waals surface area contributed by atoms with E-state index >= 15 is 0 Å². The van der Waals surface area contributed by atoms with Crippen molar-refractivity contribution in [3.05, 3.63) is 37.4 Å². The Morgan fingerprint density at radius 3 is 2.64 bits per heavy atom. The average molecular weight is 167 g/mol. The van der Waals surface area contributed by atoms with Crippen molar-refractivity contribution < 1.29 is 0 Å². The highest BCUT2D eigenvalue weighted by atomic mass is 32.2. The molecule has 0 aliphatic heterocycles. The molecule has 0 saturated carbocycles.